The lowest BCUT2D eigenvalue weighted by atomic mass is 9.92. The number of hydrogen-bond acceptors (Lipinski definition) is 2. The summed E-state index contributed by atoms with van der Waals surface area (Å²) in [6, 6.07) is 0. The molecule has 2 aliphatic heterocycles. The molecule has 0 bridgehead atoms. The fourth-order valence-corrected chi connectivity index (χ4v) is 2.36. The third kappa shape index (κ3) is 1.50. The Bertz CT molecular complexity index is 156. The summed E-state index contributed by atoms with van der Waals surface area (Å²) < 4.78 is 11.3. The molecule has 0 saturated carbocycles. The van der Waals surface area contributed by atoms with Crippen molar-refractivity contribution < 1.29 is 9.47 Å². The summed E-state index contributed by atoms with van der Waals surface area (Å²) in [5.74, 6) is 1.43. The average Bonchev–Trinajstić information content (AvgIpc) is 2.52. The summed E-state index contributed by atoms with van der Waals surface area (Å²) in [6.07, 6.45) is 3.21. The Labute approximate surface area is 74.2 Å². The van der Waals surface area contributed by atoms with Crippen LogP contribution >= 0.6 is 0 Å². The Morgan fingerprint density at radius 1 is 1.33 bits per heavy atom. The van der Waals surface area contributed by atoms with Crippen molar-refractivity contribution in [3.8, 4) is 0 Å². The minimum atomic E-state index is 0.424. The van der Waals surface area contributed by atoms with Crippen LogP contribution in [0.3, 0.4) is 0 Å². The van der Waals surface area contributed by atoms with Crippen LogP contribution in [0.25, 0.3) is 0 Å². The minimum Gasteiger partial charge on any atom is -0.375 e. The van der Waals surface area contributed by atoms with Gasteiger partial charge in [0.05, 0.1) is 18.8 Å². The first kappa shape index (κ1) is 8.52. The first-order valence-electron chi connectivity index (χ1n) is 5.00. The molecule has 2 heterocycles. The van der Waals surface area contributed by atoms with E-state index in [1.54, 1.807) is 0 Å². The molecular formula is C10H18O2. The van der Waals surface area contributed by atoms with Gasteiger partial charge in [0.25, 0.3) is 0 Å². The second kappa shape index (κ2) is 3.35. The Morgan fingerprint density at radius 3 is 2.92 bits per heavy atom. The van der Waals surface area contributed by atoms with Gasteiger partial charge in [-0.25, -0.2) is 0 Å². The van der Waals surface area contributed by atoms with Gasteiger partial charge in [-0.3, -0.25) is 0 Å². The molecule has 12 heavy (non-hydrogen) atoms. The van der Waals surface area contributed by atoms with Crippen molar-refractivity contribution in [2.75, 3.05) is 13.2 Å². The van der Waals surface area contributed by atoms with Gasteiger partial charge >= 0.3 is 0 Å². The molecule has 2 rings (SSSR count). The van der Waals surface area contributed by atoms with E-state index in [1.807, 2.05) is 0 Å². The molecule has 0 radical (unpaired) electrons. The smallest absolute Gasteiger partial charge is 0.0887 e. The predicted octanol–water partition coefficient (Wildman–Crippen LogP) is 1.84. The molecule has 2 saturated heterocycles. The van der Waals surface area contributed by atoms with Crippen LogP contribution in [-0.2, 0) is 9.47 Å². The highest BCUT2D eigenvalue weighted by Crippen LogP contribution is 2.34. The van der Waals surface area contributed by atoms with Gasteiger partial charge in [-0.05, 0) is 18.8 Å². The maximum absolute atomic E-state index is 5.67. The summed E-state index contributed by atoms with van der Waals surface area (Å²) in [7, 11) is 0. The molecule has 3 unspecified atom stereocenters. The summed E-state index contributed by atoms with van der Waals surface area (Å²) >= 11 is 0. The maximum atomic E-state index is 5.67. The molecule has 0 N–H and O–H groups in total. The van der Waals surface area contributed by atoms with Gasteiger partial charge in [0.1, 0.15) is 0 Å². The number of ether oxygens (including phenoxy) is 2. The van der Waals surface area contributed by atoms with Crippen molar-refractivity contribution >= 4 is 0 Å². The molecule has 3 atom stereocenters. The van der Waals surface area contributed by atoms with E-state index in [9.17, 15) is 0 Å². The molecule has 70 valence electrons. The summed E-state index contributed by atoms with van der Waals surface area (Å²) in [6.45, 7) is 6.36. The van der Waals surface area contributed by atoms with Gasteiger partial charge in [0, 0.05) is 12.5 Å². The Hall–Kier alpha value is -0.0800. The monoisotopic (exact) mass is 170 g/mol. The van der Waals surface area contributed by atoms with Gasteiger partial charge in [0.2, 0.25) is 0 Å². The number of rotatable bonds is 2. The Balaban J connectivity index is 1.91. The first-order valence-corrected chi connectivity index (χ1v) is 5.00. The SMILES string of the molecule is CC(C)CC1COC2CCOC12. The van der Waals surface area contributed by atoms with Gasteiger partial charge in [-0.15, -0.1) is 0 Å². The van der Waals surface area contributed by atoms with Crippen LogP contribution in [0, 0.1) is 11.8 Å². The normalized spacial score (nSPS) is 40.8. The van der Waals surface area contributed by atoms with Crippen LogP contribution in [0.1, 0.15) is 26.7 Å². The van der Waals surface area contributed by atoms with E-state index in [2.05, 4.69) is 13.8 Å². The molecule has 0 amide bonds. The zero-order chi connectivity index (χ0) is 8.55. The zero-order valence-corrected chi connectivity index (χ0v) is 7.95. The highest BCUT2D eigenvalue weighted by molar-refractivity contribution is 4.88. The van der Waals surface area contributed by atoms with E-state index in [-0.39, 0.29) is 0 Å². The Kier molecular flexibility index (Phi) is 2.37. The largest absolute Gasteiger partial charge is 0.375 e. The standard InChI is InChI=1S/C10H18O2/c1-7(2)5-8-6-12-9-3-4-11-10(8)9/h7-10H,3-6H2,1-2H3. The van der Waals surface area contributed by atoms with Crippen molar-refractivity contribution in [3.63, 3.8) is 0 Å². The van der Waals surface area contributed by atoms with Gasteiger partial charge in [0.15, 0.2) is 0 Å². The van der Waals surface area contributed by atoms with Crippen LogP contribution in [0.2, 0.25) is 0 Å². The molecule has 0 aromatic rings. The third-order valence-corrected chi connectivity index (χ3v) is 2.84. The Morgan fingerprint density at radius 2 is 2.17 bits per heavy atom. The lowest BCUT2D eigenvalue weighted by Crippen LogP contribution is -2.23. The quantitative estimate of drug-likeness (QED) is 0.629. The van der Waals surface area contributed by atoms with E-state index >= 15 is 0 Å². The third-order valence-electron chi connectivity index (χ3n) is 2.84. The van der Waals surface area contributed by atoms with Gasteiger partial charge in [-0.2, -0.15) is 0 Å². The van der Waals surface area contributed by atoms with Gasteiger partial charge in [-0.1, -0.05) is 13.8 Å². The van der Waals surface area contributed by atoms with E-state index in [0.29, 0.717) is 18.1 Å². The number of hydrogen-bond donors (Lipinski definition) is 0. The molecule has 0 spiro atoms. The first-order chi connectivity index (χ1) is 5.77. The van der Waals surface area contributed by atoms with Crippen molar-refractivity contribution in [2.45, 2.75) is 38.9 Å². The zero-order valence-electron chi connectivity index (χ0n) is 7.95. The fraction of sp³-hybridized carbons (Fsp3) is 1.00. The molecule has 2 fully saturated rings. The number of fused-ring (bicyclic) bond motifs is 1. The summed E-state index contributed by atoms with van der Waals surface area (Å²) in [5, 5.41) is 0. The van der Waals surface area contributed by atoms with E-state index < -0.39 is 0 Å². The molecule has 0 aliphatic carbocycles. The van der Waals surface area contributed by atoms with Crippen molar-refractivity contribution in [3.05, 3.63) is 0 Å². The van der Waals surface area contributed by atoms with Crippen LogP contribution < -0.4 is 0 Å². The lowest BCUT2D eigenvalue weighted by Gasteiger charge is -2.17. The molecule has 2 nitrogen and oxygen atoms in total. The highest BCUT2D eigenvalue weighted by Gasteiger charge is 2.41. The fourth-order valence-electron chi connectivity index (χ4n) is 2.36. The lowest BCUT2D eigenvalue weighted by molar-refractivity contribution is 0.0601. The van der Waals surface area contributed by atoms with Crippen LogP contribution in [-0.4, -0.2) is 25.4 Å². The van der Waals surface area contributed by atoms with Gasteiger partial charge < -0.3 is 9.47 Å². The summed E-state index contributed by atoms with van der Waals surface area (Å²) in [4.78, 5) is 0. The van der Waals surface area contributed by atoms with E-state index in [4.69, 9.17) is 9.47 Å². The average molecular weight is 170 g/mol. The molecule has 0 aromatic heterocycles. The highest BCUT2D eigenvalue weighted by atomic mass is 16.6. The van der Waals surface area contributed by atoms with Crippen molar-refractivity contribution in [2.24, 2.45) is 11.8 Å². The topological polar surface area (TPSA) is 18.5 Å². The minimum absolute atomic E-state index is 0.424. The molecule has 0 aromatic carbocycles. The van der Waals surface area contributed by atoms with Crippen molar-refractivity contribution in [1.82, 2.24) is 0 Å². The van der Waals surface area contributed by atoms with Crippen LogP contribution in [0.4, 0.5) is 0 Å². The van der Waals surface area contributed by atoms with Crippen LogP contribution in [0.15, 0.2) is 0 Å². The molecule has 2 aliphatic rings. The second-order valence-corrected chi connectivity index (χ2v) is 4.39. The van der Waals surface area contributed by atoms with E-state index in [1.165, 1.54) is 6.42 Å². The van der Waals surface area contributed by atoms with Crippen molar-refractivity contribution in [1.29, 1.82) is 0 Å². The van der Waals surface area contributed by atoms with E-state index in [0.717, 1.165) is 25.6 Å². The molecule has 2 heteroatoms. The summed E-state index contributed by atoms with van der Waals surface area (Å²) in [5.41, 5.74) is 0. The second-order valence-electron chi connectivity index (χ2n) is 4.39. The maximum Gasteiger partial charge on any atom is 0.0887 e. The van der Waals surface area contributed by atoms with Crippen LogP contribution in [0.5, 0.6) is 0 Å². The predicted molar refractivity (Wildman–Crippen MR) is 47.0 cm³/mol. The molecular weight excluding hydrogens is 152 g/mol.